The number of nitrogens with one attached hydrogen (secondary N) is 1. The molecule has 0 bridgehead atoms. The minimum absolute atomic E-state index is 0.0250. The zero-order valence-electron chi connectivity index (χ0n) is 17.9. The zero-order valence-corrected chi connectivity index (χ0v) is 17.9. The Balaban J connectivity index is 1.84. The maximum absolute atomic E-state index is 12.9. The van der Waals surface area contributed by atoms with Gasteiger partial charge in [-0.15, -0.1) is 0 Å². The van der Waals surface area contributed by atoms with E-state index in [1.165, 1.54) is 0 Å². The zero-order chi connectivity index (χ0) is 20.7. The minimum atomic E-state index is -0.585. The van der Waals surface area contributed by atoms with E-state index >= 15 is 0 Å². The molecule has 0 spiro atoms. The van der Waals surface area contributed by atoms with Gasteiger partial charge in [-0.05, 0) is 37.9 Å². The Hall–Kier alpha value is -1.92. The number of carbonyl (C=O) groups excluding carboxylic acids is 2. The summed E-state index contributed by atoms with van der Waals surface area (Å²) in [7, 11) is 5.64. The van der Waals surface area contributed by atoms with E-state index in [-0.39, 0.29) is 23.1 Å². The Morgan fingerprint density at radius 2 is 1.82 bits per heavy atom. The lowest BCUT2D eigenvalue weighted by Gasteiger charge is -2.34. The van der Waals surface area contributed by atoms with Crippen LogP contribution in [0, 0.1) is 11.3 Å². The van der Waals surface area contributed by atoms with Crippen LogP contribution in [0.3, 0.4) is 0 Å². The first-order valence-corrected chi connectivity index (χ1v) is 10.0. The van der Waals surface area contributed by atoms with Crippen LogP contribution in [-0.4, -0.2) is 69.0 Å². The molecule has 1 aliphatic heterocycles. The second-order valence-electron chi connectivity index (χ2n) is 8.75. The van der Waals surface area contributed by atoms with Crippen molar-refractivity contribution in [1.29, 1.82) is 0 Å². The van der Waals surface area contributed by atoms with E-state index in [0.29, 0.717) is 32.5 Å². The van der Waals surface area contributed by atoms with E-state index in [1.54, 1.807) is 7.11 Å². The lowest BCUT2D eigenvalue weighted by atomic mass is 9.91. The summed E-state index contributed by atoms with van der Waals surface area (Å²) < 4.78 is 5.46. The van der Waals surface area contributed by atoms with Gasteiger partial charge in [-0.2, -0.15) is 0 Å². The molecule has 1 atom stereocenters. The summed E-state index contributed by atoms with van der Waals surface area (Å²) in [5.41, 5.74) is 0.884. The third-order valence-electron chi connectivity index (χ3n) is 5.23. The number of carbonyl (C=O) groups is 2. The van der Waals surface area contributed by atoms with E-state index in [2.05, 4.69) is 24.1 Å². The SMILES string of the molecule is COC(C(=O)N1CCC(C(=O)NCC(C)(C)CN(C)C)CC1)c1ccccc1. The van der Waals surface area contributed by atoms with Crippen molar-refractivity contribution in [3.63, 3.8) is 0 Å². The Morgan fingerprint density at radius 3 is 2.36 bits per heavy atom. The highest BCUT2D eigenvalue weighted by Gasteiger charge is 2.32. The number of hydrogen-bond donors (Lipinski definition) is 1. The molecule has 6 nitrogen and oxygen atoms in total. The molecule has 28 heavy (non-hydrogen) atoms. The summed E-state index contributed by atoms with van der Waals surface area (Å²) in [5.74, 6) is 0.0434. The normalized spacial score (nSPS) is 16.9. The van der Waals surface area contributed by atoms with Gasteiger partial charge in [0.1, 0.15) is 0 Å². The van der Waals surface area contributed by atoms with Crippen LogP contribution < -0.4 is 5.32 Å². The highest BCUT2D eigenvalue weighted by Crippen LogP contribution is 2.24. The van der Waals surface area contributed by atoms with Gasteiger partial charge in [0, 0.05) is 39.2 Å². The van der Waals surface area contributed by atoms with Crippen LogP contribution in [0.15, 0.2) is 30.3 Å². The molecular formula is C22H35N3O3. The molecule has 1 N–H and O–H groups in total. The van der Waals surface area contributed by atoms with Gasteiger partial charge in [-0.25, -0.2) is 0 Å². The van der Waals surface area contributed by atoms with Crippen LogP contribution in [0.2, 0.25) is 0 Å². The Labute approximate surface area is 169 Å². The van der Waals surface area contributed by atoms with E-state index < -0.39 is 6.10 Å². The molecule has 1 aliphatic rings. The fraction of sp³-hybridized carbons (Fsp3) is 0.636. The Kier molecular flexibility index (Phi) is 8.01. The molecule has 2 amide bonds. The summed E-state index contributed by atoms with van der Waals surface area (Å²) in [6.07, 6.45) is 0.798. The van der Waals surface area contributed by atoms with Gasteiger partial charge in [-0.1, -0.05) is 44.2 Å². The molecule has 1 aromatic carbocycles. The van der Waals surface area contributed by atoms with Gasteiger partial charge >= 0.3 is 0 Å². The lowest BCUT2D eigenvalue weighted by Crippen LogP contribution is -2.47. The molecule has 2 rings (SSSR count). The predicted octanol–water partition coefficient (Wildman–Crippen LogP) is 2.32. The number of hydrogen-bond acceptors (Lipinski definition) is 4. The van der Waals surface area contributed by atoms with Crippen molar-refractivity contribution in [2.45, 2.75) is 32.8 Å². The van der Waals surface area contributed by atoms with Crippen LogP contribution >= 0.6 is 0 Å². The molecule has 1 aromatic rings. The molecule has 0 aliphatic carbocycles. The number of piperidine rings is 1. The van der Waals surface area contributed by atoms with E-state index in [1.807, 2.05) is 49.3 Å². The summed E-state index contributed by atoms with van der Waals surface area (Å²) >= 11 is 0. The number of rotatable bonds is 8. The summed E-state index contributed by atoms with van der Waals surface area (Å²) in [6, 6.07) is 9.54. The predicted molar refractivity (Wildman–Crippen MR) is 111 cm³/mol. The molecule has 0 saturated carbocycles. The van der Waals surface area contributed by atoms with Crippen molar-refractivity contribution in [1.82, 2.24) is 15.1 Å². The summed E-state index contributed by atoms with van der Waals surface area (Å²) in [6.45, 7) is 7.06. The van der Waals surface area contributed by atoms with Crippen LogP contribution in [0.1, 0.15) is 38.4 Å². The molecule has 6 heteroatoms. The third kappa shape index (κ3) is 6.31. The number of amides is 2. The second kappa shape index (κ2) is 10.0. The lowest BCUT2D eigenvalue weighted by molar-refractivity contribution is -0.145. The first-order valence-electron chi connectivity index (χ1n) is 10.0. The molecule has 1 saturated heterocycles. The smallest absolute Gasteiger partial charge is 0.256 e. The highest BCUT2D eigenvalue weighted by molar-refractivity contribution is 5.83. The summed E-state index contributed by atoms with van der Waals surface area (Å²) in [5, 5.41) is 3.11. The van der Waals surface area contributed by atoms with Gasteiger partial charge in [0.15, 0.2) is 6.10 Å². The van der Waals surface area contributed by atoms with Crippen molar-refractivity contribution < 1.29 is 14.3 Å². The fourth-order valence-corrected chi connectivity index (χ4v) is 3.92. The molecule has 0 radical (unpaired) electrons. The van der Waals surface area contributed by atoms with Crippen molar-refractivity contribution in [2.24, 2.45) is 11.3 Å². The fourth-order valence-electron chi connectivity index (χ4n) is 3.92. The van der Waals surface area contributed by atoms with Gasteiger partial charge < -0.3 is 19.9 Å². The topological polar surface area (TPSA) is 61.9 Å². The van der Waals surface area contributed by atoms with Gasteiger partial charge in [0.2, 0.25) is 5.91 Å². The maximum atomic E-state index is 12.9. The molecule has 1 unspecified atom stereocenters. The Morgan fingerprint density at radius 1 is 1.21 bits per heavy atom. The first kappa shape index (κ1) is 22.4. The Bertz CT molecular complexity index is 638. The van der Waals surface area contributed by atoms with Crippen molar-refractivity contribution in [2.75, 3.05) is 47.4 Å². The van der Waals surface area contributed by atoms with E-state index in [9.17, 15) is 9.59 Å². The van der Waals surface area contributed by atoms with E-state index in [4.69, 9.17) is 4.74 Å². The number of nitrogens with zero attached hydrogens (tertiary/aromatic N) is 2. The molecule has 156 valence electrons. The van der Waals surface area contributed by atoms with Gasteiger partial charge in [-0.3, -0.25) is 9.59 Å². The maximum Gasteiger partial charge on any atom is 0.256 e. The van der Waals surface area contributed by atoms with Crippen molar-refractivity contribution in [3.05, 3.63) is 35.9 Å². The van der Waals surface area contributed by atoms with Crippen LogP contribution in [-0.2, 0) is 14.3 Å². The van der Waals surface area contributed by atoms with Gasteiger partial charge in [0.05, 0.1) is 0 Å². The number of benzene rings is 1. The minimum Gasteiger partial charge on any atom is -0.367 e. The largest absolute Gasteiger partial charge is 0.367 e. The quantitative estimate of drug-likeness (QED) is 0.741. The average molecular weight is 390 g/mol. The number of likely N-dealkylation sites (tertiary alicyclic amines) is 1. The van der Waals surface area contributed by atoms with Gasteiger partial charge in [0.25, 0.3) is 5.91 Å². The molecular weight excluding hydrogens is 354 g/mol. The standard InChI is InChI=1S/C22H35N3O3/c1-22(2,16-24(3)4)15-23-20(26)18-11-13-25(14-12-18)21(27)19(28-5)17-9-7-6-8-10-17/h6-10,18-19H,11-16H2,1-5H3,(H,23,26). The van der Waals surface area contributed by atoms with Crippen LogP contribution in [0.5, 0.6) is 0 Å². The van der Waals surface area contributed by atoms with Crippen molar-refractivity contribution >= 4 is 11.8 Å². The molecule has 1 fully saturated rings. The van der Waals surface area contributed by atoms with Crippen LogP contribution in [0.4, 0.5) is 0 Å². The van der Waals surface area contributed by atoms with Crippen LogP contribution in [0.25, 0.3) is 0 Å². The highest BCUT2D eigenvalue weighted by atomic mass is 16.5. The molecule has 1 heterocycles. The number of methoxy groups -OCH3 is 1. The molecule has 0 aromatic heterocycles. The van der Waals surface area contributed by atoms with Crippen molar-refractivity contribution in [3.8, 4) is 0 Å². The third-order valence-corrected chi connectivity index (χ3v) is 5.23. The average Bonchev–Trinajstić information content (AvgIpc) is 2.66. The monoisotopic (exact) mass is 389 g/mol. The summed E-state index contributed by atoms with van der Waals surface area (Å²) in [4.78, 5) is 29.4. The van der Waals surface area contributed by atoms with E-state index in [0.717, 1.165) is 12.1 Å². The first-order chi connectivity index (χ1) is 13.2. The number of ether oxygens (including phenoxy) is 1. The second-order valence-corrected chi connectivity index (χ2v) is 8.75.